The molecule has 0 saturated carbocycles. The van der Waals surface area contributed by atoms with Gasteiger partial charge in [-0.3, -0.25) is 9.59 Å². The third-order valence-electron chi connectivity index (χ3n) is 4.92. The molecule has 0 spiro atoms. The third kappa shape index (κ3) is 13.1. The molecule has 5 heteroatoms. The first kappa shape index (κ1) is 27.0. The van der Waals surface area contributed by atoms with Crippen molar-refractivity contribution < 1.29 is 23.8 Å². The van der Waals surface area contributed by atoms with Crippen LogP contribution in [-0.4, -0.2) is 18.5 Å². The predicted molar refractivity (Wildman–Crippen MR) is 125 cm³/mol. The van der Waals surface area contributed by atoms with Crippen LogP contribution in [0, 0.1) is 5.92 Å². The highest BCUT2D eigenvalue weighted by Crippen LogP contribution is 2.33. The smallest absolute Gasteiger partial charge is 0.311 e. The molecule has 5 nitrogen and oxygen atoms in total. The summed E-state index contributed by atoms with van der Waals surface area (Å²) in [6, 6.07) is 5.03. The largest absolute Gasteiger partial charge is 0.493 e. The molecule has 0 aliphatic heterocycles. The lowest BCUT2D eigenvalue weighted by Gasteiger charge is -2.14. The quantitative estimate of drug-likeness (QED) is 0.147. The number of benzene rings is 1. The molecule has 0 atom stereocenters. The highest BCUT2D eigenvalue weighted by Gasteiger charge is 2.15. The minimum atomic E-state index is -0.311. The number of rotatable bonds is 17. The van der Waals surface area contributed by atoms with E-state index in [4.69, 9.17) is 14.2 Å². The first-order valence-corrected chi connectivity index (χ1v) is 12.1. The molecular weight excluding hydrogens is 392 g/mol. The molecule has 1 rings (SSSR count). The Labute approximate surface area is 188 Å². The Morgan fingerprint density at radius 2 is 1.26 bits per heavy atom. The van der Waals surface area contributed by atoms with E-state index in [0.29, 0.717) is 31.1 Å². The number of carbonyl (C=O) groups is 2. The SMILES string of the molecule is CCCCCCCC(=O)Oc1ccc(OCC(C)C)cc1OC(=O)CCCCCCC. The van der Waals surface area contributed by atoms with E-state index in [1.54, 1.807) is 18.2 Å². The molecule has 0 aliphatic carbocycles. The van der Waals surface area contributed by atoms with Crippen LogP contribution in [0.15, 0.2) is 18.2 Å². The second-order valence-corrected chi connectivity index (χ2v) is 8.59. The number of carbonyl (C=O) groups excluding carboxylic acids is 2. The van der Waals surface area contributed by atoms with E-state index in [9.17, 15) is 9.59 Å². The first-order chi connectivity index (χ1) is 15.0. The summed E-state index contributed by atoms with van der Waals surface area (Å²) in [7, 11) is 0. The normalized spacial score (nSPS) is 10.9. The van der Waals surface area contributed by atoms with Crippen molar-refractivity contribution in [1.29, 1.82) is 0 Å². The zero-order chi connectivity index (χ0) is 22.9. The summed E-state index contributed by atoms with van der Waals surface area (Å²) >= 11 is 0. The number of ether oxygens (including phenoxy) is 3. The van der Waals surface area contributed by atoms with Crippen molar-refractivity contribution in [1.82, 2.24) is 0 Å². The summed E-state index contributed by atoms with van der Waals surface area (Å²) in [5.74, 6) is 0.880. The van der Waals surface area contributed by atoms with E-state index < -0.39 is 0 Å². The minimum Gasteiger partial charge on any atom is -0.493 e. The van der Waals surface area contributed by atoms with E-state index in [2.05, 4.69) is 27.7 Å². The average molecular weight is 435 g/mol. The molecule has 0 bridgehead atoms. The van der Waals surface area contributed by atoms with Gasteiger partial charge in [0.15, 0.2) is 11.5 Å². The van der Waals surface area contributed by atoms with Gasteiger partial charge in [-0.05, 0) is 30.9 Å². The zero-order valence-electron chi connectivity index (χ0n) is 20.0. The van der Waals surface area contributed by atoms with Gasteiger partial charge < -0.3 is 14.2 Å². The molecule has 0 radical (unpaired) electrons. The van der Waals surface area contributed by atoms with E-state index >= 15 is 0 Å². The summed E-state index contributed by atoms with van der Waals surface area (Å²) in [5.41, 5.74) is 0. The summed E-state index contributed by atoms with van der Waals surface area (Å²) in [6.45, 7) is 9.02. The molecule has 0 unspecified atom stereocenters. The molecule has 0 fully saturated rings. The maximum absolute atomic E-state index is 12.3. The second-order valence-electron chi connectivity index (χ2n) is 8.59. The Kier molecular flexibility index (Phi) is 14.5. The lowest BCUT2D eigenvalue weighted by atomic mass is 10.1. The Hall–Kier alpha value is -2.04. The van der Waals surface area contributed by atoms with Crippen LogP contribution in [0.4, 0.5) is 0 Å². The van der Waals surface area contributed by atoms with Crippen molar-refractivity contribution in [2.45, 2.75) is 105 Å². The molecule has 0 N–H and O–H groups in total. The zero-order valence-corrected chi connectivity index (χ0v) is 20.0. The van der Waals surface area contributed by atoms with Gasteiger partial charge in [0.05, 0.1) is 6.61 Å². The standard InChI is InChI=1S/C26H42O5/c1-5-7-9-11-13-15-25(27)30-23-18-17-22(29-20-21(3)4)19-24(23)31-26(28)16-14-12-10-8-6-2/h17-19,21H,5-16,20H2,1-4H3. The van der Waals surface area contributed by atoms with E-state index in [1.165, 1.54) is 25.7 Å². The summed E-state index contributed by atoms with van der Waals surface area (Å²) in [5, 5.41) is 0. The number of esters is 2. The second kappa shape index (κ2) is 16.6. The number of hydrogen-bond acceptors (Lipinski definition) is 5. The Bertz CT molecular complexity index is 639. The van der Waals surface area contributed by atoms with Crippen LogP contribution in [-0.2, 0) is 9.59 Å². The van der Waals surface area contributed by atoms with Gasteiger partial charge >= 0.3 is 11.9 Å². The molecule has 1 aromatic rings. The maximum Gasteiger partial charge on any atom is 0.311 e. The number of hydrogen-bond donors (Lipinski definition) is 0. The van der Waals surface area contributed by atoms with Crippen molar-refractivity contribution in [3.05, 3.63) is 18.2 Å². The lowest BCUT2D eigenvalue weighted by molar-refractivity contribution is -0.137. The van der Waals surface area contributed by atoms with Gasteiger partial charge in [0.2, 0.25) is 0 Å². The molecule has 0 aromatic heterocycles. The summed E-state index contributed by atoms with van der Waals surface area (Å²) in [6.07, 6.45) is 11.3. The summed E-state index contributed by atoms with van der Waals surface area (Å²) < 4.78 is 16.8. The van der Waals surface area contributed by atoms with Crippen molar-refractivity contribution >= 4 is 11.9 Å². The fraction of sp³-hybridized carbons (Fsp3) is 0.692. The van der Waals surface area contributed by atoms with Gasteiger partial charge in [-0.2, -0.15) is 0 Å². The van der Waals surface area contributed by atoms with E-state index in [0.717, 1.165) is 38.5 Å². The van der Waals surface area contributed by atoms with Crippen LogP contribution >= 0.6 is 0 Å². The van der Waals surface area contributed by atoms with Crippen LogP contribution in [0.2, 0.25) is 0 Å². The fourth-order valence-corrected chi connectivity index (χ4v) is 3.10. The first-order valence-electron chi connectivity index (χ1n) is 12.1. The van der Waals surface area contributed by atoms with Gasteiger partial charge in [0, 0.05) is 18.9 Å². The maximum atomic E-state index is 12.3. The highest BCUT2D eigenvalue weighted by molar-refractivity contribution is 5.76. The van der Waals surface area contributed by atoms with Crippen LogP contribution in [0.1, 0.15) is 105 Å². The van der Waals surface area contributed by atoms with Crippen LogP contribution in [0.3, 0.4) is 0 Å². The molecule has 0 amide bonds. The molecule has 176 valence electrons. The highest BCUT2D eigenvalue weighted by atomic mass is 16.6. The van der Waals surface area contributed by atoms with Crippen LogP contribution in [0.5, 0.6) is 17.2 Å². The minimum absolute atomic E-state index is 0.249. The van der Waals surface area contributed by atoms with Gasteiger partial charge in [-0.1, -0.05) is 79.1 Å². The van der Waals surface area contributed by atoms with Crippen molar-refractivity contribution in [3.63, 3.8) is 0 Å². The Balaban J connectivity index is 2.69. The Morgan fingerprint density at radius 1 is 0.742 bits per heavy atom. The third-order valence-corrected chi connectivity index (χ3v) is 4.92. The van der Waals surface area contributed by atoms with Gasteiger partial charge in [-0.15, -0.1) is 0 Å². The van der Waals surface area contributed by atoms with Gasteiger partial charge in [-0.25, -0.2) is 0 Å². The lowest BCUT2D eigenvalue weighted by Crippen LogP contribution is -2.12. The van der Waals surface area contributed by atoms with Crippen LogP contribution in [0.25, 0.3) is 0 Å². The Morgan fingerprint density at radius 3 is 1.77 bits per heavy atom. The molecular formula is C26H42O5. The van der Waals surface area contributed by atoms with Crippen molar-refractivity contribution in [2.75, 3.05) is 6.61 Å². The van der Waals surface area contributed by atoms with E-state index in [-0.39, 0.29) is 23.4 Å². The molecule has 0 saturated heterocycles. The summed E-state index contributed by atoms with van der Waals surface area (Å²) in [4.78, 5) is 24.6. The molecule has 1 aromatic carbocycles. The van der Waals surface area contributed by atoms with Gasteiger partial charge in [0.1, 0.15) is 5.75 Å². The fourth-order valence-electron chi connectivity index (χ4n) is 3.10. The average Bonchev–Trinajstić information content (AvgIpc) is 2.73. The van der Waals surface area contributed by atoms with E-state index in [1.807, 2.05) is 0 Å². The molecule has 0 aliphatic rings. The molecule has 0 heterocycles. The number of unbranched alkanes of at least 4 members (excludes halogenated alkanes) is 8. The van der Waals surface area contributed by atoms with Gasteiger partial charge in [0.25, 0.3) is 0 Å². The van der Waals surface area contributed by atoms with Crippen molar-refractivity contribution in [2.24, 2.45) is 5.92 Å². The van der Waals surface area contributed by atoms with Crippen molar-refractivity contribution in [3.8, 4) is 17.2 Å². The monoisotopic (exact) mass is 434 g/mol. The predicted octanol–water partition coefficient (Wildman–Crippen LogP) is 7.25. The van der Waals surface area contributed by atoms with Crippen LogP contribution < -0.4 is 14.2 Å². The molecule has 31 heavy (non-hydrogen) atoms. The topological polar surface area (TPSA) is 61.8 Å².